The molecule has 3 aromatic rings. The Balaban J connectivity index is 1.79. The van der Waals surface area contributed by atoms with E-state index in [4.69, 9.17) is 14.2 Å². The Bertz CT molecular complexity index is 1220. The highest BCUT2D eigenvalue weighted by atomic mass is 32.2. The number of benzene rings is 1. The molecule has 1 amide bonds. The van der Waals surface area contributed by atoms with Crippen molar-refractivity contribution in [2.45, 2.75) is 24.3 Å². The minimum absolute atomic E-state index is 0.00923. The van der Waals surface area contributed by atoms with Gasteiger partial charge in [-0.05, 0) is 30.3 Å². The number of halogens is 1. The maximum absolute atomic E-state index is 13.2. The van der Waals surface area contributed by atoms with E-state index in [1.807, 2.05) is 0 Å². The molecule has 2 aromatic heterocycles. The topological polar surface area (TPSA) is 117 Å². The van der Waals surface area contributed by atoms with E-state index in [1.165, 1.54) is 32.5 Å². The maximum Gasteiger partial charge on any atom is 0.303 e. The van der Waals surface area contributed by atoms with E-state index in [1.54, 1.807) is 36.4 Å². The summed E-state index contributed by atoms with van der Waals surface area (Å²) in [7, 11) is -0.225. The summed E-state index contributed by atoms with van der Waals surface area (Å²) in [6.45, 7) is 0.422. The fourth-order valence-corrected chi connectivity index (χ4v) is 4.27. The molecule has 0 aliphatic heterocycles. The molecule has 0 saturated heterocycles. The Kier molecular flexibility index (Phi) is 9.24. The zero-order chi connectivity index (χ0) is 25.2. The Morgan fingerprint density at radius 2 is 1.94 bits per heavy atom. The van der Waals surface area contributed by atoms with Crippen LogP contribution in [-0.4, -0.2) is 46.4 Å². The number of alkyl halides is 1. The maximum atomic E-state index is 13.2. The van der Waals surface area contributed by atoms with Crippen molar-refractivity contribution in [2.24, 2.45) is 0 Å². The molecule has 1 unspecified atom stereocenters. The molecule has 0 aliphatic rings. The summed E-state index contributed by atoms with van der Waals surface area (Å²) in [5.74, 6) is -0.121. The normalized spacial score (nSPS) is 11.4. The number of ether oxygens (including phenoxy) is 3. The van der Waals surface area contributed by atoms with Gasteiger partial charge in [-0.3, -0.25) is 18.8 Å². The molecule has 184 valence electrons. The number of amides is 1. The van der Waals surface area contributed by atoms with Gasteiger partial charge in [0.2, 0.25) is 0 Å². The Morgan fingerprint density at radius 1 is 1.11 bits per heavy atom. The van der Waals surface area contributed by atoms with Crippen LogP contribution in [0.15, 0.2) is 59.9 Å². The Labute approximate surface area is 204 Å². The largest absolute Gasteiger partial charge is 0.497 e. The van der Waals surface area contributed by atoms with E-state index in [9.17, 15) is 18.2 Å². The predicted molar refractivity (Wildman–Crippen MR) is 126 cm³/mol. The molecule has 9 nitrogen and oxygen atoms in total. The lowest BCUT2D eigenvalue weighted by Gasteiger charge is -2.13. The quantitative estimate of drug-likeness (QED) is 0.397. The van der Waals surface area contributed by atoms with Gasteiger partial charge in [0.25, 0.3) is 5.91 Å². The molecular weight excluding hydrogens is 477 g/mol. The van der Waals surface area contributed by atoms with Gasteiger partial charge in [0.1, 0.15) is 36.4 Å². The number of aromatic nitrogens is 2. The van der Waals surface area contributed by atoms with Crippen LogP contribution in [-0.2, 0) is 32.7 Å². The highest BCUT2D eigenvalue weighted by Gasteiger charge is 2.20. The Hall–Kier alpha value is -3.86. The summed E-state index contributed by atoms with van der Waals surface area (Å²) in [4.78, 5) is 32.3. The van der Waals surface area contributed by atoms with Crippen molar-refractivity contribution < 1.29 is 32.4 Å². The van der Waals surface area contributed by atoms with E-state index in [2.05, 4.69) is 15.3 Å². The smallest absolute Gasteiger partial charge is 0.303 e. The van der Waals surface area contributed by atoms with Gasteiger partial charge in [-0.1, -0.05) is 6.07 Å². The second-order valence-corrected chi connectivity index (χ2v) is 8.49. The fourth-order valence-electron chi connectivity index (χ4n) is 3.03. The molecule has 3 rings (SSSR count). The predicted octanol–water partition coefficient (Wildman–Crippen LogP) is 3.46. The second kappa shape index (κ2) is 12.6. The summed E-state index contributed by atoms with van der Waals surface area (Å²) >= 11 is 0. The van der Waals surface area contributed by atoms with Gasteiger partial charge < -0.3 is 19.5 Å². The van der Waals surface area contributed by atoms with Crippen molar-refractivity contribution in [3.63, 3.8) is 0 Å². The number of methoxy groups -OCH3 is 1. The molecule has 1 atom stereocenters. The molecule has 0 saturated carbocycles. The van der Waals surface area contributed by atoms with Crippen molar-refractivity contribution in [1.29, 1.82) is 0 Å². The Morgan fingerprint density at radius 3 is 2.69 bits per heavy atom. The van der Waals surface area contributed by atoms with Crippen LogP contribution < -0.4 is 14.8 Å². The van der Waals surface area contributed by atoms with Gasteiger partial charge in [-0.2, -0.15) is 0 Å². The third-order valence-electron chi connectivity index (χ3n) is 4.62. The van der Waals surface area contributed by atoms with Crippen LogP contribution >= 0.6 is 0 Å². The zero-order valence-electron chi connectivity index (χ0n) is 19.2. The minimum Gasteiger partial charge on any atom is -0.497 e. The zero-order valence-corrected chi connectivity index (χ0v) is 20.0. The van der Waals surface area contributed by atoms with Crippen molar-refractivity contribution in [3.8, 4) is 11.5 Å². The number of esters is 1. The summed E-state index contributed by atoms with van der Waals surface area (Å²) in [6, 6.07) is 11.2. The van der Waals surface area contributed by atoms with E-state index >= 15 is 0 Å². The van der Waals surface area contributed by atoms with Crippen molar-refractivity contribution in [3.05, 3.63) is 71.7 Å². The fraction of sp³-hybridized carbons (Fsp3) is 0.250. The number of pyridine rings is 2. The SMILES string of the molecule is COc1ccc(CS(=O)c2ncccc2C(=O)Nc2ccnc(COC(C)=O)c2)c(OCCF)c1. The highest BCUT2D eigenvalue weighted by molar-refractivity contribution is 7.84. The van der Waals surface area contributed by atoms with Gasteiger partial charge in [0.15, 0.2) is 0 Å². The van der Waals surface area contributed by atoms with E-state index in [0.717, 1.165) is 0 Å². The van der Waals surface area contributed by atoms with Gasteiger partial charge >= 0.3 is 5.97 Å². The van der Waals surface area contributed by atoms with E-state index in [0.29, 0.717) is 28.4 Å². The summed E-state index contributed by atoms with van der Waals surface area (Å²) in [6.07, 6.45) is 2.92. The first-order valence-corrected chi connectivity index (χ1v) is 11.8. The third-order valence-corrected chi connectivity index (χ3v) is 5.95. The third kappa shape index (κ3) is 7.31. The van der Waals surface area contributed by atoms with Crippen LogP contribution in [0, 0.1) is 0 Å². The molecule has 35 heavy (non-hydrogen) atoms. The van der Waals surface area contributed by atoms with Crippen molar-refractivity contribution in [1.82, 2.24) is 9.97 Å². The van der Waals surface area contributed by atoms with Gasteiger partial charge in [-0.15, -0.1) is 0 Å². The van der Waals surface area contributed by atoms with Gasteiger partial charge in [0, 0.05) is 36.6 Å². The van der Waals surface area contributed by atoms with Gasteiger partial charge in [-0.25, -0.2) is 9.37 Å². The van der Waals surface area contributed by atoms with Gasteiger partial charge in [0.05, 0.1) is 34.9 Å². The lowest BCUT2D eigenvalue weighted by Crippen LogP contribution is -2.16. The summed E-state index contributed by atoms with van der Waals surface area (Å²) < 4.78 is 41.4. The molecule has 1 N–H and O–H groups in total. The average Bonchev–Trinajstić information content (AvgIpc) is 2.87. The first kappa shape index (κ1) is 25.8. The molecule has 0 aliphatic carbocycles. The number of hydrogen-bond donors (Lipinski definition) is 1. The molecule has 1 aromatic carbocycles. The minimum atomic E-state index is -1.72. The summed E-state index contributed by atoms with van der Waals surface area (Å²) in [5.41, 5.74) is 1.56. The van der Waals surface area contributed by atoms with Crippen LogP contribution in [0.5, 0.6) is 11.5 Å². The molecule has 11 heteroatoms. The van der Waals surface area contributed by atoms with Crippen LogP contribution in [0.1, 0.15) is 28.5 Å². The number of nitrogens with zero attached hydrogens (tertiary/aromatic N) is 2. The number of hydrogen-bond acceptors (Lipinski definition) is 8. The number of carbonyl (C=O) groups is 2. The standard InChI is InChI=1S/C24H24FN3O6S/c1-16(29)34-14-19-12-18(7-10-26-19)28-23(30)21-4-3-9-27-24(21)35(31)15-17-5-6-20(32-2)13-22(17)33-11-8-25/h3-7,9-10,12-13H,8,11,14-15H2,1-2H3,(H,26,28,30). The average molecular weight is 502 g/mol. The first-order valence-electron chi connectivity index (χ1n) is 10.5. The molecule has 0 spiro atoms. The highest BCUT2D eigenvalue weighted by Crippen LogP contribution is 2.28. The molecule has 2 heterocycles. The molecule has 0 fully saturated rings. The van der Waals surface area contributed by atoms with Crippen LogP contribution in [0.3, 0.4) is 0 Å². The molecule has 0 radical (unpaired) electrons. The van der Waals surface area contributed by atoms with E-state index in [-0.39, 0.29) is 29.6 Å². The van der Waals surface area contributed by atoms with Crippen LogP contribution in [0.2, 0.25) is 0 Å². The lowest BCUT2D eigenvalue weighted by atomic mass is 10.2. The van der Waals surface area contributed by atoms with Crippen LogP contribution in [0.4, 0.5) is 10.1 Å². The monoisotopic (exact) mass is 501 g/mol. The lowest BCUT2D eigenvalue weighted by molar-refractivity contribution is -0.142. The molecule has 0 bridgehead atoms. The number of nitrogens with one attached hydrogen (secondary N) is 1. The van der Waals surface area contributed by atoms with Crippen molar-refractivity contribution >= 4 is 28.4 Å². The molecular formula is C24H24FN3O6S. The number of rotatable bonds is 11. The van der Waals surface area contributed by atoms with E-state index < -0.39 is 29.4 Å². The first-order chi connectivity index (χ1) is 16.9. The summed E-state index contributed by atoms with van der Waals surface area (Å²) in [5, 5.41) is 2.81. The second-order valence-electron chi connectivity index (χ2n) is 7.13. The number of anilines is 1. The van der Waals surface area contributed by atoms with Crippen molar-refractivity contribution in [2.75, 3.05) is 25.7 Å². The number of carbonyl (C=O) groups excluding carboxylic acids is 2. The van der Waals surface area contributed by atoms with Crippen LogP contribution in [0.25, 0.3) is 0 Å².